The third-order valence-corrected chi connectivity index (χ3v) is 7.04. The van der Waals surface area contributed by atoms with Crippen LogP contribution >= 0.6 is 0 Å². The summed E-state index contributed by atoms with van der Waals surface area (Å²) in [6.07, 6.45) is 1.16. The van der Waals surface area contributed by atoms with Crippen molar-refractivity contribution in [3.8, 4) is 5.75 Å². The van der Waals surface area contributed by atoms with E-state index >= 15 is 0 Å². The third-order valence-electron chi connectivity index (χ3n) is 7.04. The van der Waals surface area contributed by atoms with Crippen molar-refractivity contribution >= 4 is 46.5 Å². The van der Waals surface area contributed by atoms with Crippen molar-refractivity contribution in [2.24, 2.45) is 22.2 Å². The smallest absolute Gasteiger partial charge is 0.326 e. The number of carboxylic acid groups (broad SMARTS) is 2. The zero-order chi connectivity index (χ0) is 33.8. The normalized spacial score (nSPS) is 13.5. The number of nitrogens with two attached hydrogens (primary N) is 3. The maximum Gasteiger partial charge on any atom is 0.326 e. The molecule has 0 fully saturated rings. The van der Waals surface area contributed by atoms with E-state index in [9.17, 15) is 34.2 Å². The van der Waals surface area contributed by atoms with Crippen LogP contribution in [0.1, 0.15) is 30.4 Å². The molecular formula is C30H38N8O8. The highest BCUT2D eigenvalue weighted by Gasteiger charge is 2.32. The maximum absolute atomic E-state index is 13.8. The highest BCUT2D eigenvalue weighted by Crippen LogP contribution is 2.20. The SMILES string of the molecule is NC(N)=NCCCC(N)C(=O)NC(Cc1ccc(O)cc1)C(=O)NC(Cc1c[nH]c2ccccc12)C(=O)NC(CC(=O)O)C(=O)O. The zero-order valence-electron chi connectivity index (χ0n) is 24.8. The first-order valence-corrected chi connectivity index (χ1v) is 14.3. The van der Waals surface area contributed by atoms with Crippen LogP contribution in [0.15, 0.2) is 59.7 Å². The van der Waals surface area contributed by atoms with Crippen molar-refractivity contribution in [2.75, 3.05) is 6.54 Å². The summed E-state index contributed by atoms with van der Waals surface area (Å²) >= 11 is 0. The lowest BCUT2D eigenvalue weighted by molar-refractivity contribution is -0.147. The van der Waals surface area contributed by atoms with Crippen LogP contribution in [-0.2, 0) is 36.8 Å². The largest absolute Gasteiger partial charge is 0.508 e. The first-order valence-electron chi connectivity index (χ1n) is 14.3. The Kier molecular flexibility index (Phi) is 12.5. The average molecular weight is 639 g/mol. The number of guanidine groups is 1. The van der Waals surface area contributed by atoms with Gasteiger partial charge in [0.2, 0.25) is 17.7 Å². The van der Waals surface area contributed by atoms with E-state index in [2.05, 4.69) is 25.9 Å². The fourth-order valence-electron chi connectivity index (χ4n) is 4.66. The Morgan fingerprint density at radius 2 is 1.43 bits per heavy atom. The van der Waals surface area contributed by atoms with Gasteiger partial charge in [-0.05, 0) is 42.2 Å². The van der Waals surface area contributed by atoms with E-state index in [4.69, 9.17) is 22.3 Å². The molecule has 4 unspecified atom stereocenters. The molecule has 46 heavy (non-hydrogen) atoms. The number of phenolic OH excluding ortho intramolecular Hbond substituents is 1. The number of hydrogen-bond donors (Lipinski definition) is 10. The summed E-state index contributed by atoms with van der Waals surface area (Å²) in [5.41, 5.74) is 18.6. The Bertz CT molecular complexity index is 1570. The predicted molar refractivity (Wildman–Crippen MR) is 167 cm³/mol. The Morgan fingerprint density at radius 1 is 0.826 bits per heavy atom. The van der Waals surface area contributed by atoms with E-state index in [0.717, 1.165) is 10.9 Å². The number of para-hydroxylation sites is 1. The summed E-state index contributed by atoms with van der Waals surface area (Å²) in [6, 6.07) is 7.68. The molecule has 16 nitrogen and oxygen atoms in total. The van der Waals surface area contributed by atoms with Gasteiger partial charge < -0.3 is 53.5 Å². The van der Waals surface area contributed by atoms with Crippen LogP contribution in [0.3, 0.4) is 0 Å². The van der Waals surface area contributed by atoms with Crippen molar-refractivity contribution in [3.63, 3.8) is 0 Å². The van der Waals surface area contributed by atoms with Crippen LogP contribution in [0, 0.1) is 0 Å². The van der Waals surface area contributed by atoms with Crippen LogP contribution in [0.2, 0.25) is 0 Å². The highest BCUT2D eigenvalue weighted by atomic mass is 16.4. The zero-order valence-corrected chi connectivity index (χ0v) is 24.8. The number of nitrogens with zero attached hydrogens (tertiary/aromatic N) is 1. The van der Waals surface area contributed by atoms with Gasteiger partial charge in [0.1, 0.15) is 23.9 Å². The minimum atomic E-state index is -1.77. The predicted octanol–water partition coefficient (Wildman–Crippen LogP) is -0.947. The molecule has 0 bridgehead atoms. The lowest BCUT2D eigenvalue weighted by atomic mass is 10.0. The molecular weight excluding hydrogens is 600 g/mol. The van der Waals surface area contributed by atoms with E-state index in [1.807, 2.05) is 6.07 Å². The molecule has 13 N–H and O–H groups in total. The molecule has 4 atom stereocenters. The summed E-state index contributed by atoms with van der Waals surface area (Å²) in [4.78, 5) is 70.0. The van der Waals surface area contributed by atoms with Gasteiger partial charge in [-0.15, -0.1) is 0 Å². The quantitative estimate of drug-likeness (QED) is 0.0488. The summed E-state index contributed by atoms with van der Waals surface area (Å²) in [5, 5.41) is 36.5. The number of aliphatic imine (C=N–C) groups is 1. The molecule has 0 radical (unpaired) electrons. The van der Waals surface area contributed by atoms with Crippen molar-refractivity contribution in [3.05, 3.63) is 65.9 Å². The number of carboxylic acids is 2. The molecule has 0 saturated heterocycles. The van der Waals surface area contributed by atoms with E-state index in [1.165, 1.54) is 12.1 Å². The molecule has 0 saturated carbocycles. The molecule has 1 aromatic heterocycles. The highest BCUT2D eigenvalue weighted by molar-refractivity contribution is 5.95. The molecule has 0 aliphatic carbocycles. The van der Waals surface area contributed by atoms with Gasteiger partial charge in [0, 0.05) is 36.5 Å². The van der Waals surface area contributed by atoms with Crippen molar-refractivity contribution in [2.45, 2.75) is 56.3 Å². The number of aromatic hydroxyl groups is 1. The fourth-order valence-corrected chi connectivity index (χ4v) is 4.66. The number of aromatic amines is 1. The molecule has 3 aromatic rings. The molecule has 3 rings (SSSR count). The van der Waals surface area contributed by atoms with E-state index in [1.54, 1.807) is 36.5 Å². The van der Waals surface area contributed by atoms with Crippen LogP contribution < -0.4 is 33.2 Å². The van der Waals surface area contributed by atoms with Gasteiger partial charge in [-0.2, -0.15) is 0 Å². The number of H-pyrrole nitrogens is 1. The van der Waals surface area contributed by atoms with Crippen LogP contribution in [0.5, 0.6) is 5.75 Å². The lowest BCUT2D eigenvalue weighted by Crippen LogP contribution is -2.58. The second-order valence-corrected chi connectivity index (χ2v) is 10.6. The summed E-state index contributed by atoms with van der Waals surface area (Å²) in [6.45, 7) is 0.241. The number of phenols is 1. The summed E-state index contributed by atoms with van der Waals surface area (Å²) in [5.74, 6) is -5.53. The lowest BCUT2D eigenvalue weighted by Gasteiger charge is -2.25. The van der Waals surface area contributed by atoms with Crippen LogP contribution in [0.4, 0.5) is 0 Å². The van der Waals surface area contributed by atoms with Crippen LogP contribution in [-0.4, -0.2) is 86.6 Å². The number of hydrogen-bond acceptors (Lipinski definition) is 8. The molecule has 16 heteroatoms. The number of aromatic nitrogens is 1. The number of benzene rings is 2. The Hall–Kier alpha value is -5.64. The second kappa shape index (κ2) is 16.4. The summed E-state index contributed by atoms with van der Waals surface area (Å²) in [7, 11) is 0. The van der Waals surface area contributed by atoms with Gasteiger partial charge in [-0.1, -0.05) is 30.3 Å². The molecule has 2 aromatic carbocycles. The van der Waals surface area contributed by atoms with Gasteiger partial charge in [-0.3, -0.25) is 24.2 Å². The fraction of sp³-hybridized carbons (Fsp3) is 0.333. The van der Waals surface area contributed by atoms with E-state index in [-0.39, 0.29) is 37.5 Å². The Labute approximate surface area is 263 Å². The minimum Gasteiger partial charge on any atom is -0.508 e. The molecule has 3 amide bonds. The van der Waals surface area contributed by atoms with Gasteiger partial charge in [0.05, 0.1) is 12.5 Å². The standard InChI is InChI=1S/C30H38N8O8/c31-20(5-3-11-34-30(32)33)26(42)36-22(12-16-7-9-18(39)10-8-16)27(43)37-23(28(44)38-24(29(45)46)14-25(40)41)13-17-15-35-21-6-2-1-4-19(17)21/h1-2,4,6-10,15,20,22-24,35,39H,3,5,11-14,31H2,(H,36,42)(H,37,43)(H,38,44)(H,40,41)(H,45,46)(H4,32,33,34). The Morgan fingerprint density at radius 3 is 2.07 bits per heavy atom. The number of carbonyl (C=O) groups excluding carboxylic acids is 3. The van der Waals surface area contributed by atoms with Gasteiger partial charge in [0.25, 0.3) is 0 Å². The number of amides is 3. The first-order chi connectivity index (χ1) is 21.8. The molecule has 0 aliphatic rings. The number of carbonyl (C=O) groups is 5. The number of fused-ring (bicyclic) bond motifs is 1. The number of rotatable bonds is 17. The van der Waals surface area contributed by atoms with Crippen LogP contribution in [0.25, 0.3) is 10.9 Å². The van der Waals surface area contributed by atoms with Crippen molar-refractivity contribution in [1.82, 2.24) is 20.9 Å². The van der Waals surface area contributed by atoms with E-state index < -0.39 is 60.2 Å². The van der Waals surface area contributed by atoms with Crippen molar-refractivity contribution < 1.29 is 39.3 Å². The monoisotopic (exact) mass is 638 g/mol. The Balaban J connectivity index is 1.87. The average Bonchev–Trinajstić information content (AvgIpc) is 3.41. The topological polar surface area (TPSA) is 288 Å². The maximum atomic E-state index is 13.8. The van der Waals surface area contributed by atoms with E-state index in [0.29, 0.717) is 17.5 Å². The molecule has 246 valence electrons. The second-order valence-electron chi connectivity index (χ2n) is 10.6. The minimum absolute atomic E-state index is 0.0126. The third kappa shape index (κ3) is 10.5. The van der Waals surface area contributed by atoms with Gasteiger partial charge >= 0.3 is 11.9 Å². The molecule has 0 aliphatic heterocycles. The number of nitrogens with one attached hydrogen (secondary N) is 4. The number of aliphatic carboxylic acids is 2. The molecule has 1 heterocycles. The van der Waals surface area contributed by atoms with Gasteiger partial charge in [-0.25, -0.2) is 4.79 Å². The molecule has 0 spiro atoms. The first kappa shape index (κ1) is 34.8. The van der Waals surface area contributed by atoms with Gasteiger partial charge in [0.15, 0.2) is 5.96 Å². The summed E-state index contributed by atoms with van der Waals surface area (Å²) < 4.78 is 0. The van der Waals surface area contributed by atoms with Crippen molar-refractivity contribution in [1.29, 1.82) is 0 Å².